The van der Waals surface area contributed by atoms with Crippen molar-refractivity contribution < 1.29 is 19.8 Å². The molecule has 0 bridgehead atoms. The predicted octanol–water partition coefficient (Wildman–Crippen LogP) is 2.99. The molecule has 159 valence electrons. The fourth-order valence-corrected chi connectivity index (χ4v) is 3.62. The number of rotatable bonds is 16. The van der Waals surface area contributed by atoms with Crippen LogP contribution in [0.5, 0.6) is 0 Å². The molecule has 0 fully saturated rings. The van der Waals surface area contributed by atoms with Crippen molar-refractivity contribution in [1.29, 1.82) is 0 Å². The van der Waals surface area contributed by atoms with E-state index in [4.69, 9.17) is 0 Å². The van der Waals surface area contributed by atoms with Gasteiger partial charge in [-0.05, 0) is 36.2 Å². The maximum absolute atomic E-state index is 10.0. The summed E-state index contributed by atoms with van der Waals surface area (Å²) < 4.78 is 0. The van der Waals surface area contributed by atoms with Crippen molar-refractivity contribution in [2.45, 2.75) is 79.1 Å². The number of carboxylic acids is 2. The first-order valence-corrected chi connectivity index (χ1v) is 12.1. The van der Waals surface area contributed by atoms with E-state index < -0.39 is 11.9 Å². The van der Waals surface area contributed by atoms with E-state index in [0.29, 0.717) is 0 Å². The maximum Gasteiger partial charge on any atom is 2.00 e. The van der Waals surface area contributed by atoms with Crippen LogP contribution in [0.2, 0.25) is 0 Å². The van der Waals surface area contributed by atoms with Gasteiger partial charge in [-0.25, -0.2) is 0 Å². The molecule has 0 amide bonds. The molecule has 0 atom stereocenters. The molecule has 0 unspecified atom stereocenters. The average Bonchev–Trinajstić information content (AvgIpc) is 2.52. The fraction of sp³-hybridized carbons (Fsp3) is 0.900. The molecule has 27 heavy (non-hydrogen) atoms. The number of carbonyl (C=O) groups is 2. The minimum atomic E-state index is -0.952. The Morgan fingerprint density at radius 1 is 0.667 bits per heavy atom. The monoisotopic (exact) mass is 527 g/mol. The Balaban J connectivity index is -0.000000411. The Hall–Kier alpha value is 0.458. The van der Waals surface area contributed by atoms with Crippen LogP contribution in [0, 0.1) is 11.8 Å². The van der Waals surface area contributed by atoms with E-state index in [0.717, 1.165) is 36.2 Å². The summed E-state index contributed by atoms with van der Waals surface area (Å²) in [5, 5.41) is 20.1. The van der Waals surface area contributed by atoms with Crippen LogP contribution in [0.25, 0.3) is 0 Å². The molecule has 7 heteroatoms. The topological polar surface area (TPSA) is 80.3 Å². The molecule has 0 aromatic heterocycles. The van der Waals surface area contributed by atoms with Gasteiger partial charge in [0.15, 0.2) is 0 Å². The Labute approximate surface area is 192 Å². The zero-order valence-corrected chi connectivity index (χ0v) is 21.7. The number of unbranched alkanes of at least 4 members (excludes halogenated alkanes) is 4. The molecule has 0 rings (SSSR count). The molecular weight excluding hydrogens is 490 g/mol. The third-order valence-corrected chi connectivity index (χ3v) is 5.61. The van der Waals surface area contributed by atoms with Crippen molar-refractivity contribution in [2.24, 2.45) is 11.8 Å². The van der Waals surface area contributed by atoms with E-state index in [1.54, 1.807) is 0 Å². The molecule has 4 nitrogen and oxygen atoms in total. The molecular formula is C20H38O4S2Sb. The number of hydrogen-bond acceptors (Lipinski definition) is 6. The molecule has 0 heterocycles. The summed E-state index contributed by atoms with van der Waals surface area (Å²) in [5.74, 6) is 1.86. The minimum Gasteiger partial charge on any atom is -0.549 e. The van der Waals surface area contributed by atoms with Crippen molar-refractivity contribution in [1.82, 2.24) is 0 Å². The molecule has 0 aromatic carbocycles. The van der Waals surface area contributed by atoms with Gasteiger partial charge in [0.05, 0.1) is 11.9 Å². The Bertz CT molecular complexity index is 308. The van der Waals surface area contributed by atoms with E-state index in [9.17, 15) is 19.8 Å². The molecule has 3 radical (unpaired) electrons. The van der Waals surface area contributed by atoms with E-state index in [2.05, 4.69) is 27.7 Å². The van der Waals surface area contributed by atoms with Crippen LogP contribution in [0.3, 0.4) is 0 Å². The summed E-state index contributed by atoms with van der Waals surface area (Å²) in [6.45, 7) is 8.91. The second kappa shape index (κ2) is 24.5. The van der Waals surface area contributed by atoms with Crippen LogP contribution in [0.1, 0.15) is 79.1 Å². The zero-order valence-electron chi connectivity index (χ0n) is 17.5. The summed E-state index contributed by atoms with van der Waals surface area (Å²) in [7, 11) is 0. The van der Waals surface area contributed by atoms with Crippen LogP contribution >= 0.6 is 23.5 Å². The molecule has 0 N–H and O–H groups in total. The van der Waals surface area contributed by atoms with Gasteiger partial charge in [-0.2, -0.15) is 23.5 Å². The van der Waals surface area contributed by atoms with Gasteiger partial charge in [-0.3, -0.25) is 0 Å². The number of aliphatic carboxylic acids is 2. The van der Waals surface area contributed by atoms with Crippen molar-refractivity contribution in [3.05, 3.63) is 0 Å². The SMILES string of the molecule is CC(C)CCCCCSCC(=O)[O-].CC(C)CCCCCSCC(=O)[O-].[Sb+2]. The summed E-state index contributed by atoms with van der Waals surface area (Å²) in [5.41, 5.74) is 0. The van der Waals surface area contributed by atoms with Gasteiger partial charge in [0, 0.05) is 11.5 Å². The molecule has 0 saturated carbocycles. The third kappa shape index (κ3) is 37.8. The van der Waals surface area contributed by atoms with Gasteiger partial charge < -0.3 is 19.8 Å². The van der Waals surface area contributed by atoms with Gasteiger partial charge in [-0.1, -0.05) is 66.2 Å². The molecule has 0 aliphatic heterocycles. The van der Waals surface area contributed by atoms with E-state index in [-0.39, 0.29) is 35.9 Å². The quantitative estimate of drug-likeness (QED) is 0.227. The normalized spacial score (nSPS) is 10.3. The molecule has 0 aromatic rings. The smallest absolute Gasteiger partial charge is 0.549 e. The number of thioether (sulfide) groups is 2. The number of carboxylic acid groups (broad SMARTS) is 2. The first-order valence-electron chi connectivity index (χ1n) is 9.80. The van der Waals surface area contributed by atoms with Crippen molar-refractivity contribution in [3.63, 3.8) is 0 Å². The van der Waals surface area contributed by atoms with Gasteiger partial charge in [0.2, 0.25) is 0 Å². The van der Waals surface area contributed by atoms with Crippen LogP contribution in [-0.2, 0) is 9.59 Å². The average molecular weight is 528 g/mol. The Morgan fingerprint density at radius 2 is 1.00 bits per heavy atom. The van der Waals surface area contributed by atoms with E-state index >= 15 is 0 Å². The van der Waals surface area contributed by atoms with Gasteiger partial charge in [0.25, 0.3) is 0 Å². The van der Waals surface area contributed by atoms with Crippen molar-refractivity contribution in [2.75, 3.05) is 23.0 Å². The molecule has 0 aliphatic rings. The summed E-state index contributed by atoms with van der Waals surface area (Å²) in [6, 6.07) is 0. The number of hydrogen-bond donors (Lipinski definition) is 0. The molecule has 0 aliphatic carbocycles. The Morgan fingerprint density at radius 3 is 1.26 bits per heavy atom. The molecule has 0 spiro atoms. The van der Waals surface area contributed by atoms with Gasteiger partial charge in [0.1, 0.15) is 0 Å². The summed E-state index contributed by atoms with van der Waals surface area (Å²) in [6.07, 6.45) is 9.80. The maximum atomic E-state index is 10.0. The summed E-state index contributed by atoms with van der Waals surface area (Å²) in [4.78, 5) is 20.1. The fourth-order valence-electron chi connectivity index (χ4n) is 2.18. The zero-order chi connectivity index (χ0) is 20.2. The molecule has 0 saturated heterocycles. The van der Waals surface area contributed by atoms with Crippen LogP contribution in [0.15, 0.2) is 0 Å². The van der Waals surface area contributed by atoms with Gasteiger partial charge >= 0.3 is 24.4 Å². The minimum absolute atomic E-state index is 0. The van der Waals surface area contributed by atoms with E-state index in [1.807, 2.05) is 0 Å². The third-order valence-electron chi connectivity index (χ3n) is 3.58. The van der Waals surface area contributed by atoms with Crippen molar-refractivity contribution >= 4 is 59.9 Å². The van der Waals surface area contributed by atoms with E-state index in [1.165, 1.54) is 62.0 Å². The van der Waals surface area contributed by atoms with Crippen LogP contribution in [-0.4, -0.2) is 59.4 Å². The predicted molar refractivity (Wildman–Crippen MR) is 117 cm³/mol. The number of carbonyl (C=O) groups excluding carboxylic acids is 2. The summed E-state index contributed by atoms with van der Waals surface area (Å²) >= 11 is 2.92. The second-order valence-corrected chi connectivity index (χ2v) is 9.55. The first kappa shape index (κ1) is 32.1. The van der Waals surface area contributed by atoms with Crippen LogP contribution < -0.4 is 10.2 Å². The van der Waals surface area contributed by atoms with Crippen LogP contribution in [0.4, 0.5) is 0 Å². The first-order chi connectivity index (χ1) is 12.3. The largest absolute Gasteiger partial charge is 2.00 e. The standard InChI is InChI=1S/2C10H20O2S.Sb/c2*1-9(2)6-4-3-5-7-13-8-10(11)12;/h2*9H,3-8H2,1-2H3,(H,11,12);/q;;+2/p-2. The second-order valence-electron chi connectivity index (χ2n) is 7.34. The van der Waals surface area contributed by atoms with Gasteiger partial charge in [-0.15, -0.1) is 0 Å². The Kier molecular flexibility index (Phi) is 29.2. The van der Waals surface area contributed by atoms with Crippen molar-refractivity contribution in [3.8, 4) is 0 Å².